The van der Waals surface area contributed by atoms with E-state index >= 15 is 0 Å². The van der Waals surface area contributed by atoms with Gasteiger partial charge in [-0.25, -0.2) is 0 Å². The van der Waals surface area contributed by atoms with Crippen molar-refractivity contribution in [1.82, 2.24) is 10.2 Å². The second-order valence-electron chi connectivity index (χ2n) is 5.97. The Kier molecular flexibility index (Phi) is 12.7. The van der Waals surface area contributed by atoms with Crippen LogP contribution in [-0.2, 0) is 0 Å². The van der Waals surface area contributed by atoms with Crippen molar-refractivity contribution in [2.24, 2.45) is 10.7 Å². The average Bonchev–Trinajstić information content (AvgIpc) is 2.55. The van der Waals surface area contributed by atoms with E-state index in [0.29, 0.717) is 12.5 Å². The summed E-state index contributed by atoms with van der Waals surface area (Å²) < 4.78 is 5.21. The smallest absolute Gasteiger partial charge is 0.188 e. The number of methoxy groups -OCH3 is 1. The van der Waals surface area contributed by atoms with Crippen molar-refractivity contribution in [3.8, 4) is 5.75 Å². The lowest BCUT2D eigenvalue weighted by molar-refractivity contribution is 0.306. The van der Waals surface area contributed by atoms with Crippen molar-refractivity contribution in [2.75, 3.05) is 34.3 Å². The van der Waals surface area contributed by atoms with Gasteiger partial charge in [0, 0.05) is 6.54 Å². The number of aliphatic imine (C=N–C) groups is 1. The lowest BCUT2D eigenvalue weighted by Crippen LogP contribution is -2.33. The first-order valence-corrected chi connectivity index (χ1v) is 8.42. The van der Waals surface area contributed by atoms with Gasteiger partial charge in [-0.1, -0.05) is 38.3 Å². The molecule has 1 unspecified atom stereocenters. The molecule has 1 aromatic rings. The van der Waals surface area contributed by atoms with Crippen LogP contribution in [0, 0.1) is 0 Å². The fourth-order valence-electron chi connectivity index (χ4n) is 2.40. The molecule has 0 amide bonds. The van der Waals surface area contributed by atoms with Gasteiger partial charge in [0.05, 0.1) is 19.7 Å². The molecule has 0 saturated carbocycles. The van der Waals surface area contributed by atoms with E-state index in [9.17, 15) is 0 Å². The van der Waals surface area contributed by atoms with Crippen LogP contribution in [0.15, 0.2) is 29.3 Å². The minimum Gasteiger partial charge on any atom is -0.497 e. The fourth-order valence-corrected chi connectivity index (χ4v) is 2.40. The second kappa shape index (κ2) is 13.3. The maximum absolute atomic E-state index is 5.96. The first kappa shape index (κ1) is 23.0. The fraction of sp³-hybridized carbons (Fsp3) is 0.611. The Balaban J connectivity index is 0.00000529. The molecule has 0 heterocycles. The molecular formula is C18H33IN4O. The summed E-state index contributed by atoms with van der Waals surface area (Å²) in [6.45, 7) is 3.74. The molecule has 0 aliphatic rings. The molecule has 0 spiro atoms. The van der Waals surface area contributed by atoms with E-state index in [1.807, 2.05) is 12.1 Å². The molecule has 1 atom stereocenters. The van der Waals surface area contributed by atoms with Gasteiger partial charge in [0.1, 0.15) is 5.75 Å². The highest BCUT2D eigenvalue weighted by molar-refractivity contribution is 14.0. The largest absolute Gasteiger partial charge is 0.497 e. The zero-order valence-corrected chi connectivity index (χ0v) is 17.7. The molecule has 0 aliphatic carbocycles. The number of unbranched alkanes of at least 4 members (excludes halogenated alkanes) is 3. The maximum Gasteiger partial charge on any atom is 0.188 e. The van der Waals surface area contributed by atoms with Gasteiger partial charge in [0.15, 0.2) is 5.96 Å². The Labute approximate surface area is 164 Å². The predicted octanol–water partition coefficient (Wildman–Crippen LogP) is 3.40. The van der Waals surface area contributed by atoms with Crippen molar-refractivity contribution >= 4 is 29.9 Å². The molecule has 138 valence electrons. The predicted molar refractivity (Wildman–Crippen MR) is 113 cm³/mol. The van der Waals surface area contributed by atoms with Gasteiger partial charge >= 0.3 is 0 Å². The van der Waals surface area contributed by atoms with Crippen LogP contribution in [0.2, 0.25) is 0 Å². The Morgan fingerprint density at radius 1 is 1.21 bits per heavy atom. The first-order chi connectivity index (χ1) is 11.1. The number of ether oxygens (including phenoxy) is 1. The van der Waals surface area contributed by atoms with E-state index in [4.69, 9.17) is 10.5 Å². The Bertz CT molecular complexity index is 463. The maximum atomic E-state index is 5.96. The van der Waals surface area contributed by atoms with Crippen molar-refractivity contribution in [1.29, 1.82) is 0 Å². The Morgan fingerprint density at radius 2 is 1.88 bits per heavy atom. The molecule has 6 heteroatoms. The van der Waals surface area contributed by atoms with E-state index in [1.165, 1.54) is 24.8 Å². The molecule has 0 aliphatic heterocycles. The molecule has 1 aromatic carbocycles. The number of likely N-dealkylation sites (N-methyl/N-ethyl adjacent to an activating group) is 1. The summed E-state index contributed by atoms with van der Waals surface area (Å²) in [5.41, 5.74) is 7.16. The number of benzene rings is 1. The van der Waals surface area contributed by atoms with Gasteiger partial charge in [-0.2, -0.15) is 0 Å². The third kappa shape index (κ3) is 8.73. The summed E-state index contributed by atoms with van der Waals surface area (Å²) >= 11 is 0. The van der Waals surface area contributed by atoms with E-state index in [2.05, 4.69) is 48.4 Å². The molecule has 0 fully saturated rings. The van der Waals surface area contributed by atoms with Crippen LogP contribution in [0.1, 0.15) is 44.2 Å². The quantitative estimate of drug-likeness (QED) is 0.249. The summed E-state index contributed by atoms with van der Waals surface area (Å²) in [5.74, 6) is 1.39. The highest BCUT2D eigenvalue weighted by atomic mass is 127. The molecule has 0 saturated heterocycles. The van der Waals surface area contributed by atoms with Crippen molar-refractivity contribution < 1.29 is 4.74 Å². The molecule has 1 rings (SSSR count). The summed E-state index contributed by atoms with van der Waals surface area (Å²) in [7, 11) is 5.78. The first-order valence-electron chi connectivity index (χ1n) is 8.42. The second-order valence-corrected chi connectivity index (χ2v) is 5.97. The van der Waals surface area contributed by atoms with Crippen LogP contribution in [0.4, 0.5) is 0 Å². The Hall–Kier alpha value is -1.02. The molecule has 3 N–H and O–H groups in total. The van der Waals surface area contributed by atoms with E-state index in [-0.39, 0.29) is 30.0 Å². The van der Waals surface area contributed by atoms with Gasteiger partial charge < -0.3 is 20.7 Å². The van der Waals surface area contributed by atoms with Gasteiger partial charge in [0.25, 0.3) is 0 Å². The zero-order chi connectivity index (χ0) is 17.1. The third-order valence-electron chi connectivity index (χ3n) is 3.89. The summed E-state index contributed by atoms with van der Waals surface area (Å²) in [4.78, 5) is 6.65. The number of nitrogens with one attached hydrogen (secondary N) is 1. The van der Waals surface area contributed by atoms with Crippen molar-refractivity contribution in [2.45, 2.75) is 38.6 Å². The molecular weight excluding hydrogens is 415 g/mol. The molecule has 0 bridgehead atoms. The zero-order valence-electron chi connectivity index (χ0n) is 15.4. The van der Waals surface area contributed by atoms with Gasteiger partial charge in [-0.05, 0) is 38.2 Å². The SMILES string of the molecule is CCCCCCNC(N)=NCC(c1ccc(OC)cc1)N(C)C.I. The van der Waals surface area contributed by atoms with E-state index in [1.54, 1.807) is 7.11 Å². The molecule has 24 heavy (non-hydrogen) atoms. The number of nitrogens with zero attached hydrogens (tertiary/aromatic N) is 2. The highest BCUT2D eigenvalue weighted by Gasteiger charge is 2.13. The number of nitrogens with two attached hydrogens (primary N) is 1. The third-order valence-corrected chi connectivity index (χ3v) is 3.89. The number of rotatable bonds is 10. The number of guanidine groups is 1. The lowest BCUT2D eigenvalue weighted by Gasteiger charge is -2.23. The van der Waals surface area contributed by atoms with Crippen LogP contribution in [-0.4, -0.2) is 45.2 Å². The monoisotopic (exact) mass is 448 g/mol. The summed E-state index contributed by atoms with van der Waals surface area (Å²) in [6, 6.07) is 8.30. The number of halogens is 1. The average molecular weight is 448 g/mol. The van der Waals surface area contributed by atoms with Crippen LogP contribution in [0.25, 0.3) is 0 Å². The summed E-state index contributed by atoms with van der Waals surface area (Å²) in [6.07, 6.45) is 4.90. The van der Waals surface area contributed by atoms with E-state index < -0.39 is 0 Å². The molecule has 5 nitrogen and oxygen atoms in total. The van der Waals surface area contributed by atoms with Crippen molar-refractivity contribution in [3.05, 3.63) is 29.8 Å². The van der Waals surface area contributed by atoms with Crippen LogP contribution < -0.4 is 15.8 Å². The highest BCUT2D eigenvalue weighted by Crippen LogP contribution is 2.21. The molecule has 0 aromatic heterocycles. The van der Waals surface area contributed by atoms with Gasteiger partial charge in [0.2, 0.25) is 0 Å². The minimum absolute atomic E-state index is 0. The van der Waals surface area contributed by atoms with Crippen LogP contribution in [0.3, 0.4) is 0 Å². The topological polar surface area (TPSA) is 62.9 Å². The summed E-state index contributed by atoms with van der Waals surface area (Å²) in [5, 5.41) is 3.19. The van der Waals surface area contributed by atoms with Gasteiger partial charge in [-0.15, -0.1) is 24.0 Å². The van der Waals surface area contributed by atoms with Crippen molar-refractivity contribution in [3.63, 3.8) is 0 Å². The number of hydrogen-bond acceptors (Lipinski definition) is 3. The minimum atomic E-state index is 0. The molecule has 0 radical (unpaired) electrons. The van der Waals surface area contributed by atoms with Crippen LogP contribution >= 0.6 is 24.0 Å². The van der Waals surface area contributed by atoms with Gasteiger partial charge in [-0.3, -0.25) is 4.99 Å². The van der Waals surface area contributed by atoms with E-state index in [0.717, 1.165) is 18.7 Å². The normalized spacial score (nSPS) is 12.6. The Morgan fingerprint density at radius 3 is 2.42 bits per heavy atom. The lowest BCUT2D eigenvalue weighted by atomic mass is 10.1. The standard InChI is InChI=1S/C18H32N4O.HI/c1-5-6-7-8-13-20-18(19)21-14-17(22(2)3)15-9-11-16(23-4)12-10-15;/h9-12,17H,5-8,13-14H2,1-4H3,(H3,19,20,21);1H. The number of hydrogen-bond donors (Lipinski definition) is 2. The van der Waals surface area contributed by atoms with Crippen LogP contribution in [0.5, 0.6) is 5.75 Å².